The molecule has 1 unspecified atom stereocenters. The number of hydrogen-bond donors (Lipinski definition) is 2. The van der Waals surface area contributed by atoms with Crippen LogP contribution in [0.4, 0.5) is 5.69 Å². The molecule has 1 heterocycles. The highest BCUT2D eigenvalue weighted by atomic mass is 16.4. The van der Waals surface area contributed by atoms with Crippen molar-refractivity contribution >= 4 is 17.6 Å². The zero-order chi connectivity index (χ0) is 14.5. The molecule has 1 aromatic rings. The van der Waals surface area contributed by atoms with Crippen LogP contribution in [0.15, 0.2) is 24.3 Å². The van der Waals surface area contributed by atoms with Crippen LogP contribution in [0.5, 0.6) is 0 Å². The standard InChI is InChI=1S/C15H20N2O3/c16-12-7-5-11(6-8-12)10-14(18)17-9-3-1-2-4-13(17)15(19)20/h5-8,13H,1-4,9-10,16H2,(H,19,20). The Morgan fingerprint density at radius 2 is 1.90 bits per heavy atom. The number of nitrogen functional groups attached to an aromatic ring is 1. The summed E-state index contributed by atoms with van der Waals surface area (Å²) in [5.41, 5.74) is 7.12. The van der Waals surface area contributed by atoms with E-state index in [9.17, 15) is 14.7 Å². The van der Waals surface area contributed by atoms with Crippen molar-refractivity contribution in [2.75, 3.05) is 12.3 Å². The summed E-state index contributed by atoms with van der Waals surface area (Å²) in [7, 11) is 0. The number of rotatable bonds is 3. The molecule has 1 aliphatic heterocycles. The molecule has 1 atom stereocenters. The molecule has 1 saturated heterocycles. The first-order valence-corrected chi connectivity index (χ1v) is 6.94. The van der Waals surface area contributed by atoms with Crippen molar-refractivity contribution in [1.29, 1.82) is 0 Å². The van der Waals surface area contributed by atoms with Crippen LogP contribution in [0.1, 0.15) is 31.2 Å². The molecule has 0 aliphatic carbocycles. The van der Waals surface area contributed by atoms with E-state index in [1.807, 2.05) is 0 Å². The van der Waals surface area contributed by atoms with Crippen molar-refractivity contribution in [1.82, 2.24) is 4.90 Å². The van der Waals surface area contributed by atoms with Gasteiger partial charge in [0.15, 0.2) is 0 Å². The number of hydrogen-bond acceptors (Lipinski definition) is 3. The Morgan fingerprint density at radius 3 is 2.55 bits per heavy atom. The van der Waals surface area contributed by atoms with Crippen LogP contribution >= 0.6 is 0 Å². The van der Waals surface area contributed by atoms with Gasteiger partial charge >= 0.3 is 5.97 Å². The molecule has 0 aromatic heterocycles. The fourth-order valence-corrected chi connectivity index (χ4v) is 2.58. The number of carboxylic acid groups (broad SMARTS) is 1. The van der Waals surface area contributed by atoms with E-state index >= 15 is 0 Å². The minimum atomic E-state index is -0.905. The molecule has 5 heteroatoms. The lowest BCUT2D eigenvalue weighted by Crippen LogP contribution is -2.45. The molecule has 0 saturated carbocycles. The summed E-state index contributed by atoms with van der Waals surface area (Å²) in [6.45, 7) is 0.533. The molecule has 1 fully saturated rings. The average Bonchev–Trinajstić information content (AvgIpc) is 2.67. The molecular weight excluding hydrogens is 256 g/mol. The second kappa shape index (κ2) is 6.41. The van der Waals surface area contributed by atoms with Crippen molar-refractivity contribution in [2.45, 2.75) is 38.1 Å². The van der Waals surface area contributed by atoms with E-state index in [-0.39, 0.29) is 12.3 Å². The number of anilines is 1. The highest BCUT2D eigenvalue weighted by molar-refractivity contribution is 5.85. The molecule has 1 aliphatic rings. The normalized spacial score (nSPS) is 19.4. The molecule has 2 rings (SSSR count). The van der Waals surface area contributed by atoms with Gasteiger partial charge in [0.05, 0.1) is 6.42 Å². The van der Waals surface area contributed by atoms with E-state index < -0.39 is 12.0 Å². The van der Waals surface area contributed by atoms with E-state index in [1.54, 1.807) is 24.3 Å². The summed E-state index contributed by atoms with van der Waals surface area (Å²) in [6.07, 6.45) is 3.49. The first-order valence-electron chi connectivity index (χ1n) is 6.94. The number of amides is 1. The highest BCUT2D eigenvalue weighted by Gasteiger charge is 2.30. The second-order valence-corrected chi connectivity index (χ2v) is 5.21. The first kappa shape index (κ1) is 14.4. The maximum Gasteiger partial charge on any atom is 0.326 e. The molecule has 0 radical (unpaired) electrons. The molecule has 20 heavy (non-hydrogen) atoms. The Labute approximate surface area is 118 Å². The number of nitrogens with two attached hydrogens (primary N) is 1. The van der Waals surface area contributed by atoms with Gasteiger partial charge in [-0.25, -0.2) is 4.79 Å². The van der Waals surface area contributed by atoms with E-state index in [0.717, 1.165) is 24.8 Å². The lowest BCUT2D eigenvalue weighted by molar-refractivity contribution is -0.150. The lowest BCUT2D eigenvalue weighted by atomic mass is 10.1. The Balaban J connectivity index is 2.08. The number of carboxylic acids is 1. The van der Waals surface area contributed by atoms with Crippen molar-refractivity contribution in [2.24, 2.45) is 0 Å². The number of carbonyl (C=O) groups excluding carboxylic acids is 1. The largest absolute Gasteiger partial charge is 0.480 e. The number of likely N-dealkylation sites (tertiary alicyclic amines) is 1. The molecule has 5 nitrogen and oxygen atoms in total. The predicted molar refractivity (Wildman–Crippen MR) is 76.2 cm³/mol. The summed E-state index contributed by atoms with van der Waals surface area (Å²) in [4.78, 5) is 25.2. The molecule has 0 spiro atoms. The average molecular weight is 276 g/mol. The summed E-state index contributed by atoms with van der Waals surface area (Å²) < 4.78 is 0. The zero-order valence-corrected chi connectivity index (χ0v) is 11.4. The fourth-order valence-electron chi connectivity index (χ4n) is 2.58. The van der Waals surface area contributed by atoms with Crippen LogP contribution in [0.3, 0.4) is 0 Å². The first-order chi connectivity index (χ1) is 9.58. The third kappa shape index (κ3) is 3.50. The van der Waals surface area contributed by atoms with Gasteiger partial charge in [0.1, 0.15) is 6.04 Å². The Kier molecular flexibility index (Phi) is 4.61. The number of aliphatic carboxylic acids is 1. The minimum absolute atomic E-state index is 0.121. The van der Waals surface area contributed by atoms with Crippen LogP contribution in [0, 0.1) is 0 Å². The van der Waals surface area contributed by atoms with E-state index in [2.05, 4.69) is 0 Å². The van der Waals surface area contributed by atoms with Crippen LogP contribution in [0.2, 0.25) is 0 Å². The topological polar surface area (TPSA) is 83.6 Å². The molecule has 1 aromatic carbocycles. The fraction of sp³-hybridized carbons (Fsp3) is 0.467. The van der Waals surface area contributed by atoms with Gasteiger partial charge in [-0.1, -0.05) is 25.0 Å². The smallest absolute Gasteiger partial charge is 0.326 e. The van der Waals surface area contributed by atoms with Gasteiger partial charge in [-0.15, -0.1) is 0 Å². The van der Waals surface area contributed by atoms with Gasteiger partial charge in [0, 0.05) is 12.2 Å². The van der Waals surface area contributed by atoms with Gasteiger partial charge in [0.25, 0.3) is 0 Å². The minimum Gasteiger partial charge on any atom is -0.480 e. The molecule has 1 amide bonds. The monoisotopic (exact) mass is 276 g/mol. The molecule has 3 N–H and O–H groups in total. The lowest BCUT2D eigenvalue weighted by Gasteiger charge is -2.27. The van der Waals surface area contributed by atoms with Gasteiger partial charge in [-0.2, -0.15) is 0 Å². The van der Waals surface area contributed by atoms with Gasteiger partial charge in [-0.3, -0.25) is 4.79 Å². The maximum atomic E-state index is 12.4. The number of carbonyl (C=O) groups is 2. The molecule has 108 valence electrons. The highest BCUT2D eigenvalue weighted by Crippen LogP contribution is 2.18. The van der Waals surface area contributed by atoms with Crippen LogP contribution in [-0.2, 0) is 16.0 Å². The quantitative estimate of drug-likeness (QED) is 0.822. The van der Waals surface area contributed by atoms with Gasteiger partial charge in [-0.05, 0) is 30.5 Å². The maximum absolute atomic E-state index is 12.4. The zero-order valence-electron chi connectivity index (χ0n) is 11.4. The SMILES string of the molecule is Nc1ccc(CC(=O)N2CCCCCC2C(=O)O)cc1. The summed E-state index contributed by atoms with van der Waals surface area (Å²) in [5, 5.41) is 9.27. The molecule has 0 bridgehead atoms. The predicted octanol–water partition coefficient (Wildman–Crippen LogP) is 1.67. The summed E-state index contributed by atoms with van der Waals surface area (Å²) in [6, 6.07) is 6.43. The molecular formula is C15H20N2O3. The van der Waals surface area contributed by atoms with Crippen LogP contribution in [-0.4, -0.2) is 34.5 Å². The van der Waals surface area contributed by atoms with Crippen LogP contribution in [0.25, 0.3) is 0 Å². The van der Waals surface area contributed by atoms with Crippen molar-refractivity contribution in [3.05, 3.63) is 29.8 Å². The van der Waals surface area contributed by atoms with Gasteiger partial charge < -0.3 is 15.7 Å². The van der Waals surface area contributed by atoms with E-state index in [1.165, 1.54) is 4.90 Å². The number of nitrogens with zero attached hydrogens (tertiary/aromatic N) is 1. The van der Waals surface area contributed by atoms with Crippen molar-refractivity contribution in [3.8, 4) is 0 Å². The number of benzene rings is 1. The Bertz CT molecular complexity index is 484. The van der Waals surface area contributed by atoms with Crippen LogP contribution < -0.4 is 5.73 Å². The third-order valence-electron chi connectivity index (χ3n) is 3.69. The third-order valence-corrected chi connectivity index (χ3v) is 3.69. The van der Waals surface area contributed by atoms with Crippen molar-refractivity contribution < 1.29 is 14.7 Å². The second-order valence-electron chi connectivity index (χ2n) is 5.21. The Hall–Kier alpha value is -2.04. The van der Waals surface area contributed by atoms with Crippen molar-refractivity contribution in [3.63, 3.8) is 0 Å². The Morgan fingerprint density at radius 1 is 1.20 bits per heavy atom. The summed E-state index contributed by atoms with van der Waals surface area (Å²) in [5.74, 6) is -1.03. The van der Waals surface area contributed by atoms with Gasteiger partial charge in [0.2, 0.25) is 5.91 Å². The van der Waals surface area contributed by atoms with E-state index in [0.29, 0.717) is 18.7 Å². The summed E-state index contributed by atoms with van der Waals surface area (Å²) >= 11 is 0. The van der Waals surface area contributed by atoms with E-state index in [4.69, 9.17) is 5.73 Å².